The number of carbonyl (C=O) groups is 3. The number of aryl methyl sites for hydroxylation is 1. The van der Waals surface area contributed by atoms with Crippen molar-refractivity contribution in [1.29, 1.82) is 0 Å². The van der Waals surface area contributed by atoms with E-state index < -0.39 is 23.7 Å². The van der Waals surface area contributed by atoms with Gasteiger partial charge < -0.3 is 4.90 Å². The van der Waals surface area contributed by atoms with Gasteiger partial charge in [-0.25, -0.2) is 4.39 Å². The van der Waals surface area contributed by atoms with E-state index in [9.17, 15) is 18.8 Å². The monoisotopic (exact) mass is 290 g/mol. The summed E-state index contributed by atoms with van der Waals surface area (Å²) in [4.78, 5) is 37.2. The highest BCUT2D eigenvalue weighted by molar-refractivity contribution is 6.08. The molecule has 1 aliphatic heterocycles. The first-order valence-electron chi connectivity index (χ1n) is 6.90. The second kappa shape index (κ2) is 4.95. The van der Waals surface area contributed by atoms with Crippen molar-refractivity contribution >= 4 is 17.7 Å². The number of benzene rings is 1. The van der Waals surface area contributed by atoms with Crippen molar-refractivity contribution in [3.05, 3.63) is 35.1 Å². The zero-order valence-electron chi connectivity index (χ0n) is 11.6. The maximum absolute atomic E-state index is 13.6. The molecule has 1 aromatic rings. The van der Waals surface area contributed by atoms with E-state index in [0.717, 1.165) is 12.8 Å². The molecule has 2 fully saturated rings. The van der Waals surface area contributed by atoms with Crippen molar-refractivity contribution < 1.29 is 18.8 Å². The third kappa shape index (κ3) is 2.53. The van der Waals surface area contributed by atoms with Crippen LogP contribution in [0.15, 0.2) is 18.2 Å². The first-order valence-corrected chi connectivity index (χ1v) is 6.90. The summed E-state index contributed by atoms with van der Waals surface area (Å²) in [5.74, 6) is -1.68. The molecule has 2 aliphatic rings. The fraction of sp³-hybridized carbons (Fsp3) is 0.400. The van der Waals surface area contributed by atoms with Gasteiger partial charge in [0.05, 0.1) is 6.42 Å². The molecule has 1 aliphatic carbocycles. The third-order valence-corrected chi connectivity index (χ3v) is 3.87. The maximum Gasteiger partial charge on any atom is 0.254 e. The topological polar surface area (TPSA) is 66.5 Å². The van der Waals surface area contributed by atoms with Gasteiger partial charge in [0, 0.05) is 11.6 Å². The first kappa shape index (κ1) is 13.7. The molecule has 0 spiro atoms. The first-order chi connectivity index (χ1) is 9.97. The molecule has 110 valence electrons. The van der Waals surface area contributed by atoms with Crippen LogP contribution in [0.2, 0.25) is 0 Å². The lowest BCUT2D eigenvalue weighted by molar-refractivity contribution is -0.126. The standard InChI is InChI=1S/C15H15FN2O3/c1-8-2-3-9(6-11(8)16)15(21)18(10-4-5-10)12-7-13(19)17-14(12)20/h2-3,6,10,12H,4-5,7H2,1H3,(H,17,19,20)/t12-/m1/s1. The Hall–Kier alpha value is -2.24. The highest BCUT2D eigenvalue weighted by Gasteiger charge is 2.44. The Labute approximate surface area is 121 Å². The predicted octanol–water partition coefficient (Wildman–Crippen LogP) is 1.15. The Morgan fingerprint density at radius 2 is 2.05 bits per heavy atom. The number of rotatable bonds is 3. The van der Waals surface area contributed by atoms with Gasteiger partial charge in [-0.2, -0.15) is 0 Å². The SMILES string of the molecule is Cc1ccc(C(=O)N(C2CC2)[C@@H]2CC(=O)NC2=O)cc1F. The van der Waals surface area contributed by atoms with Crippen LogP contribution >= 0.6 is 0 Å². The number of nitrogens with one attached hydrogen (secondary N) is 1. The van der Waals surface area contributed by atoms with Gasteiger partial charge in [-0.1, -0.05) is 6.07 Å². The summed E-state index contributed by atoms with van der Waals surface area (Å²) < 4.78 is 13.6. The molecule has 1 heterocycles. The van der Waals surface area contributed by atoms with Gasteiger partial charge in [0.2, 0.25) is 11.8 Å². The lowest BCUT2D eigenvalue weighted by atomic mass is 10.1. The summed E-state index contributed by atoms with van der Waals surface area (Å²) in [5.41, 5.74) is 0.662. The number of nitrogens with zero attached hydrogens (tertiary/aromatic N) is 1. The lowest BCUT2D eigenvalue weighted by Gasteiger charge is -2.26. The van der Waals surface area contributed by atoms with Gasteiger partial charge in [-0.15, -0.1) is 0 Å². The maximum atomic E-state index is 13.6. The van der Waals surface area contributed by atoms with Gasteiger partial charge in [0.15, 0.2) is 0 Å². The zero-order chi connectivity index (χ0) is 15.1. The zero-order valence-corrected chi connectivity index (χ0v) is 11.6. The van der Waals surface area contributed by atoms with Crippen LogP contribution in [-0.4, -0.2) is 34.7 Å². The van der Waals surface area contributed by atoms with Crippen LogP contribution in [0.4, 0.5) is 4.39 Å². The van der Waals surface area contributed by atoms with E-state index in [1.54, 1.807) is 13.0 Å². The molecule has 1 N–H and O–H groups in total. The van der Waals surface area contributed by atoms with Crippen LogP contribution in [-0.2, 0) is 9.59 Å². The van der Waals surface area contributed by atoms with Crippen molar-refractivity contribution in [1.82, 2.24) is 10.2 Å². The Morgan fingerprint density at radius 1 is 1.33 bits per heavy atom. The number of carbonyl (C=O) groups excluding carboxylic acids is 3. The average Bonchev–Trinajstić information content (AvgIpc) is 3.20. The fourth-order valence-corrected chi connectivity index (χ4v) is 2.55. The summed E-state index contributed by atoms with van der Waals surface area (Å²) in [7, 11) is 0. The Kier molecular flexibility index (Phi) is 3.23. The van der Waals surface area contributed by atoms with E-state index in [4.69, 9.17) is 0 Å². The molecule has 1 atom stereocenters. The molecule has 1 saturated carbocycles. The lowest BCUT2D eigenvalue weighted by Crippen LogP contribution is -2.46. The van der Waals surface area contributed by atoms with E-state index in [-0.39, 0.29) is 23.9 Å². The van der Waals surface area contributed by atoms with Gasteiger partial charge in [0.25, 0.3) is 5.91 Å². The quantitative estimate of drug-likeness (QED) is 0.849. The molecule has 3 rings (SSSR count). The van der Waals surface area contributed by atoms with E-state index in [1.807, 2.05) is 0 Å². The molecule has 3 amide bonds. The van der Waals surface area contributed by atoms with Crippen molar-refractivity contribution in [2.45, 2.75) is 38.3 Å². The molecule has 21 heavy (non-hydrogen) atoms. The Morgan fingerprint density at radius 3 is 2.57 bits per heavy atom. The molecule has 1 aromatic carbocycles. The fourth-order valence-electron chi connectivity index (χ4n) is 2.55. The third-order valence-electron chi connectivity index (χ3n) is 3.87. The largest absolute Gasteiger partial charge is 0.323 e. The molecular weight excluding hydrogens is 275 g/mol. The molecule has 5 nitrogen and oxygen atoms in total. The predicted molar refractivity (Wildman–Crippen MR) is 71.9 cm³/mol. The van der Waals surface area contributed by atoms with Crippen molar-refractivity contribution in [2.24, 2.45) is 0 Å². The van der Waals surface area contributed by atoms with Crippen LogP contribution in [0.3, 0.4) is 0 Å². The van der Waals surface area contributed by atoms with Crippen molar-refractivity contribution in [3.8, 4) is 0 Å². The molecule has 6 heteroatoms. The van der Waals surface area contributed by atoms with E-state index in [0.29, 0.717) is 5.56 Å². The second-order valence-corrected chi connectivity index (χ2v) is 5.54. The molecular formula is C15H15FN2O3. The average molecular weight is 290 g/mol. The number of hydrogen-bond donors (Lipinski definition) is 1. The molecule has 0 radical (unpaired) electrons. The minimum absolute atomic E-state index is 0.0184. The van der Waals surface area contributed by atoms with Gasteiger partial charge >= 0.3 is 0 Å². The number of amides is 3. The second-order valence-electron chi connectivity index (χ2n) is 5.54. The van der Waals surface area contributed by atoms with Gasteiger partial charge in [-0.05, 0) is 37.5 Å². The summed E-state index contributed by atoms with van der Waals surface area (Å²) in [6.45, 7) is 1.62. The van der Waals surface area contributed by atoms with Crippen LogP contribution < -0.4 is 5.32 Å². The molecule has 1 saturated heterocycles. The summed E-state index contributed by atoms with van der Waals surface area (Å²) in [5, 5.41) is 2.21. The smallest absolute Gasteiger partial charge is 0.254 e. The molecule has 0 aromatic heterocycles. The summed E-state index contributed by atoms with van der Waals surface area (Å²) in [6.07, 6.45) is 1.59. The number of hydrogen-bond acceptors (Lipinski definition) is 3. The Balaban J connectivity index is 1.90. The van der Waals surface area contributed by atoms with E-state index in [1.165, 1.54) is 17.0 Å². The van der Waals surface area contributed by atoms with Gasteiger partial charge in [0.1, 0.15) is 11.9 Å². The van der Waals surface area contributed by atoms with Crippen LogP contribution in [0, 0.1) is 12.7 Å². The number of halogens is 1. The molecule has 0 bridgehead atoms. The minimum Gasteiger partial charge on any atom is -0.323 e. The number of imide groups is 1. The van der Waals surface area contributed by atoms with Crippen molar-refractivity contribution in [3.63, 3.8) is 0 Å². The van der Waals surface area contributed by atoms with Crippen LogP contribution in [0.1, 0.15) is 35.2 Å². The highest BCUT2D eigenvalue weighted by Crippen LogP contribution is 2.32. The van der Waals surface area contributed by atoms with Crippen LogP contribution in [0.25, 0.3) is 0 Å². The van der Waals surface area contributed by atoms with Gasteiger partial charge in [-0.3, -0.25) is 19.7 Å². The summed E-state index contributed by atoms with van der Waals surface area (Å²) >= 11 is 0. The van der Waals surface area contributed by atoms with Crippen LogP contribution in [0.5, 0.6) is 0 Å². The van der Waals surface area contributed by atoms with Crippen molar-refractivity contribution in [2.75, 3.05) is 0 Å². The highest BCUT2D eigenvalue weighted by atomic mass is 19.1. The molecule has 0 unspecified atom stereocenters. The minimum atomic E-state index is -0.776. The normalized spacial score (nSPS) is 21.3. The summed E-state index contributed by atoms with van der Waals surface area (Å²) in [6, 6.07) is 3.45. The Bertz CT molecular complexity index is 640. The van der Waals surface area contributed by atoms with E-state index in [2.05, 4.69) is 5.32 Å². The van der Waals surface area contributed by atoms with E-state index >= 15 is 0 Å².